The number of carboxylic acids is 1. The van der Waals surface area contributed by atoms with Crippen LogP contribution in [0.1, 0.15) is 26.7 Å². The van der Waals surface area contributed by atoms with E-state index in [0.717, 1.165) is 6.26 Å². The SMILES string of the molecule is CC(C)(CC(N)=O)NC(=O)NC(CCS(C)(=O)=O)C(=O)O. The van der Waals surface area contributed by atoms with Crippen LogP contribution in [-0.4, -0.2) is 55.0 Å². The van der Waals surface area contributed by atoms with Gasteiger partial charge in [-0.3, -0.25) is 4.79 Å². The van der Waals surface area contributed by atoms with Crippen LogP contribution in [0.15, 0.2) is 0 Å². The molecule has 9 nitrogen and oxygen atoms in total. The molecule has 21 heavy (non-hydrogen) atoms. The molecule has 0 saturated carbocycles. The zero-order valence-corrected chi connectivity index (χ0v) is 13.0. The smallest absolute Gasteiger partial charge is 0.326 e. The average Bonchev–Trinajstić information content (AvgIpc) is 2.19. The Labute approximate surface area is 123 Å². The van der Waals surface area contributed by atoms with Crippen LogP contribution in [0.5, 0.6) is 0 Å². The van der Waals surface area contributed by atoms with Crippen molar-refractivity contribution in [3.63, 3.8) is 0 Å². The van der Waals surface area contributed by atoms with Gasteiger partial charge in [-0.25, -0.2) is 18.0 Å². The Morgan fingerprint density at radius 3 is 2.19 bits per heavy atom. The molecule has 1 atom stereocenters. The summed E-state index contributed by atoms with van der Waals surface area (Å²) >= 11 is 0. The van der Waals surface area contributed by atoms with Gasteiger partial charge in [0.05, 0.1) is 5.75 Å². The normalized spacial score (nSPS) is 13.3. The van der Waals surface area contributed by atoms with Gasteiger partial charge in [-0.2, -0.15) is 0 Å². The predicted molar refractivity (Wildman–Crippen MR) is 75.3 cm³/mol. The van der Waals surface area contributed by atoms with Gasteiger partial charge in [0, 0.05) is 18.2 Å². The maximum Gasteiger partial charge on any atom is 0.326 e. The number of nitrogens with one attached hydrogen (secondary N) is 2. The lowest BCUT2D eigenvalue weighted by atomic mass is 10.0. The number of primary amides is 1. The van der Waals surface area contributed by atoms with Gasteiger partial charge in [0.2, 0.25) is 5.91 Å². The molecule has 5 N–H and O–H groups in total. The monoisotopic (exact) mass is 323 g/mol. The lowest BCUT2D eigenvalue weighted by molar-refractivity contribution is -0.139. The van der Waals surface area contributed by atoms with Crippen LogP contribution in [-0.2, 0) is 19.4 Å². The minimum atomic E-state index is -3.34. The molecule has 0 radical (unpaired) electrons. The summed E-state index contributed by atoms with van der Waals surface area (Å²) in [5.74, 6) is -2.33. The Morgan fingerprint density at radius 2 is 1.81 bits per heavy atom. The highest BCUT2D eigenvalue weighted by molar-refractivity contribution is 7.90. The fraction of sp³-hybridized carbons (Fsp3) is 0.727. The number of rotatable bonds is 8. The van der Waals surface area contributed by atoms with E-state index in [4.69, 9.17) is 10.8 Å². The van der Waals surface area contributed by atoms with E-state index in [1.165, 1.54) is 0 Å². The van der Waals surface area contributed by atoms with Gasteiger partial charge in [0.1, 0.15) is 15.9 Å². The van der Waals surface area contributed by atoms with Crippen molar-refractivity contribution in [3.8, 4) is 0 Å². The van der Waals surface area contributed by atoms with Crippen molar-refractivity contribution >= 4 is 27.7 Å². The summed E-state index contributed by atoms with van der Waals surface area (Å²) in [6, 6.07) is -2.16. The first-order chi connectivity index (χ1) is 9.32. The Balaban J connectivity index is 4.62. The molecule has 0 aliphatic heterocycles. The zero-order chi connectivity index (χ0) is 16.8. The topological polar surface area (TPSA) is 156 Å². The summed E-state index contributed by atoms with van der Waals surface area (Å²) in [7, 11) is -3.34. The number of hydrogen-bond acceptors (Lipinski definition) is 5. The number of carbonyl (C=O) groups excluding carboxylic acids is 2. The number of nitrogens with two attached hydrogens (primary N) is 1. The van der Waals surface area contributed by atoms with Gasteiger partial charge in [-0.15, -0.1) is 0 Å². The second kappa shape index (κ2) is 7.25. The predicted octanol–water partition coefficient (Wildman–Crippen LogP) is -1.17. The van der Waals surface area contributed by atoms with Crippen LogP contribution in [0.2, 0.25) is 0 Å². The summed E-state index contributed by atoms with van der Waals surface area (Å²) in [5, 5.41) is 13.5. The molecule has 0 aromatic carbocycles. The fourth-order valence-corrected chi connectivity index (χ4v) is 2.23. The third kappa shape index (κ3) is 9.66. The minimum Gasteiger partial charge on any atom is -0.480 e. The van der Waals surface area contributed by atoms with E-state index in [2.05, 4.69) is 10.6 Å². The van der Waals surface area contributed by atoms with E-state index < -0.39 is 39.3 Å². The second-order valence-corrected chi connectivity index (χ2v) is 7.69. The average molecular weight is 323 g/mol. The Kier molecular flexibility index (Phi) is 6.61. The second-order valence-electron chi connectivity index (χ2n) is 5.43. The number of carbonyl (C=O) groups is 3. The van der Waals surface area contributed by atoms with E-state index in [1.54, 1.807) is 13.8 Å². The largest absolute Gasteiger partial charge is 0.480 e. The molecule has 0 rings (SSSR count). The van der Waals surface area contributed by atoms with Crippen molar-refractivity contribution in [1.29, 1.82) is 0 Å². The van der Waals surface area contributed by atoms with Gasteiger partial charge in [-0.1, -0.05) is 0 Å². The van der Waals surface area contributed by atoms with Crippen molar-refractivity contribution in [1.82, 2.24) is 10.6 Å². The van der Waals surface area contributed by atoms with Crippen LogP contribution >= 0.6 is 0 Å². The van der Waals surface area contributed by atoms with Crippen LogP contribution in [0.4, 0.5) is 4.79 Å². The molecule has 0 aromatic heterocycles. The zero-order valence-electron chi connectivity index (χ0n) is 12.2. The molecule has 0 bridgehead atoms. The highest BCUT2D eigenvalue weighted by Crippen LogP contribution is 2.07. The van der Waals surface area contributed by atoms with Gasteiger partial charge in [0.15, 0.2) is 0 Å². The number of urea groups is 1. The maximum atomic E-state index is 11.7. The molecule has 0 aliphatic rings. The van der Waals surface area contributed by atoms with Crippen LogP contribution in [0.25, 0.3) is 0 Å². The summed E-state index contributed by atoms with van der Waals surface area (Å²) in [6.45, 7) is 3.09. The Morgan fingerprint density at radius 1 is 1.29 bits per heavy atom. The molecular weight excluding hydrogens is 302 g/mol. The number of aliphatic carboxylic acids is 1. The minimum absolute atomic E-state index is 0.124. The number of hydrogen-bond donors (Lipinski definition) is 4. The molecule has 0 fully saturated rings. The highest BCUT2D eigenvalue weighted by Gasteiger charge is 2.26. The lowest BCUT2D eigenvalue weighted by Crippen LogP contribution is -2.54. The van der Waals surface area contributed by atoms with Gasteiger partial charge in [0.25, 0.3) is 0 Å². The van der Waals surface area contributed by atoms with E-state index in [9.17, 15) is 22.8 Å². The molecular formula is C11H21N3O6S. The molecule has 0 aliphatic carbocycles. The summed E-state index contributed by atoms with van der Waals surface area (Å²) in [4.78, 5) is 33.5. The van der Waals surface area contributed by atoms with E-state index in [0.29, 0.717) is 0 Å². The number of sulfone groups is 1. The molecule has 10 heteroatoms. The Hall–Kier alpha value is -1.84. The summed E-state index contributed by atoms with van der Waals surface area (Å²) < 4.78 is 22.0. The van der Waals surface area contributed by atoms with Crippen LogP contribution in [0.3, 0.4) is 0 Å². The third-order valence-electron chi connectivity index (χ3n) is 2.45. The van der Waals surface area contributed by atoms with E-state index in [1.807, 2.05) is 0 Å². The molecule has 0 aromatic rings. The fourth-order valence-electron chi connectivity index (χ4n) is 1.57. The van der Waals surface area contributed by atoms with Crippen LogP contribution < -0.4 is 16.4 Å². The first-order valence-electron chi connectivity index (χ1n) is 6.10. The first kappa shape index (κ1) is 19.2. The molecule has 1 unspecified atom stereocenters. The summed E-state index contributed by atoms with van der Waals surface area (Å²) in [6.07, 6.45) is 0.598. The van der Waals surface area contributed by atoms with Gasteiger partial charge < -0.3 is 21.5 Å². The molecule has 0 saturated heterocycles. The van der Waals surface area contributed by atoms with E-state index >= 15 is 0 Å². The van der Waals surface area contributed by atoms with Crippen molar-refractivity contribution in [2.24, 2.45) is 5.73 Å². The van der Waals surface area contributed by atoms with Gasteiger partial charge in [-0.05, 0) is 20.3 Å². The molecule has 0 heterocycles. The first-order valence-corrected chi connectivity index (χ1v) is 8.16. The van der Waals surface area contributed by atoms with Crippen molar-refractivity contribution in [2.75, 3.05) is 12.0 Å². The number of amides is 3. The van der Waals surface area contributed by atoms with Crippen molar-refractivity contribution < 1.29 is 27.9 Å². The lowest BCUT2D eigenvalue weighted by Gasteiger charge is -2.26. The standard InChI is InChI=1S/C11H21N3O6S/c1-11(2,6-8(12)15)14-10(18)13-7(9(16)17)4-5-21(3,19)20/h7H,4-6H2,1-3H3,(H2,12,15)(H,16,17)(H2,13,14,18). The third-order valence-corrected chi connectivity index (χ3v) is 3.43. The molecule has 3 amide bonds. The highest BCUT2D eigenvalue weighted by atomic mass is 32.2. The summed E-state index contributed by atoms with van der Waals surface area (Å²) in [5.41, 5.74) is 4.08. The van der Waals surface area contributed by atoms with Crippen LogP contribution in [0, 0.1) is 0 Å². The van der Waals surface area contributed by atoms with Crippen molar-refractivity contribution in [3.05, 3.63) is 0 Å². The van der Waals surface area contributed by atoms with Gasteiger partial charge >= 0.3 is 12.0 Å². The Bertz CT molecular complexity index is 514. The quantitative estimate of drug-likeness (QED) is 0.441. The number of carboxylic acid groups (broad SMARTS) is 1. The maximum absolute atomic E-state index is 11.7. The van der Waals surface area contributed by atoms with Crippen molar-refractivity contribution in [2.45, 2.75) is 38.3 Å². The van der Waals surface area contributed by atoms with E-state index in [-0.39, 0.29) is 18.6 Å². The molecule has 0 spiro atoms. The molecule has 122 valence electrons.